The van der Waals surface area contributed by atoms with Crippen molar-refractivity contribution in [1.82, 2.24) is 4.57 Å². The zero-order chi connectivity index (χ0) is 14.4. The normalized spacial score (nSPS) is 22.7. The summed E-state index contributed by atoms with van der Waals surface area (Å²) in [7, 11) is 1.65. The van der Waals surface area contributed by atoms with E-state index >= 15 is 0 Å². The first-order chi connectivity index (χ1) is 9.74. The van der Waals surface area contributed by atoms with Gasteiger partial charge in [0.2, 0.25) is 0 Å². The maximum absolute atomic E-state index is 11.8. The molecule has 0 spiro atoms. The topological polar surface area (TPSA) is 43.3 Å². The molecule has 1 heterocycles. The Balaban J connectivity index is 2.06. The minimum absolute atomic E-state index is 0.0308. The van der Waals surface area contributed by atoms with Gasteiger partial charge in [-0.25, -0.2) is 0 Å². The van der Waals surface area contributed by atoms with Crippen LogP contribution in [0.3, 0.4) is 0 Å². The van der Waals surface area contributed by atoms with Crippen molar-refractivity contribution in [3.8, 4) is 0 Å². The molecule has 112 valence electrons. The number of nitrogens with one attached hydrogen (secondary N) is 1. The predicted octanol–water partition coefficient (Wildman–Crippen LogP) is 2.88. The van der Waals surface area contributed by atoms with E-state index in [1.165, 1.54) is 32.1 Å². The van der Waals surface area contributed by atoms with Crippen LogP contribution in [0, 0.1) is 5.92 Å². The molecule has 4 nitrogen and oxygen atoms in total. The predicted molar refractivity (Wildman–Crippen MR) is 82.2 cm³/mol. The number of pyridine rings is 1. The second-order valence-electron chi connectivity index (χ2n) is 5.65. The van der Waals surface area contributed by atoms with Crippen LogP contribution in [-0.2, 0) is 11.3 Å². The van der Waals surface area contributed by atoms with Crippen LogP contribution in [0.5, 0.6) is 0 Å². The summed E-state index contributed by atoms with van der Waals surface area (Å²) in [5, 5.41) is 3.63. The highest BCUT2D eigenvalue weighted by atomic mass is 16.5. The lowest BCUT2D eigenvalue weighted by Gasteiger charge is -2.32. The van der Waals surface area contributed by atoms with Gasteiger partial charge in [-0.3, -0.25) is 4.79 Å². The first kappa shape index (κ1) is 15.1. The Bertz CT molecular complexity index is 470. The fraction of sp³-hybridized carbons (Fsp3) is 0.688. The van der Waals surface area contributed by atoms with Gasteiger partial charge in [0.25, 0.3) is 5.56 Å². The van der Waals surface area contributed by atoms with Crippen molar-refractivity contribution >= 4 is 5.69 Å². The molecule has 20 heavy (non-hydrogen) atoms. The molecular formula is C16H26N2O2. The van der Waals surface area contributed by atoms with E-state index in [-0.39, 0.29) is 5.56 Å². The molecule has 1 saturated carbocycles. The lowest BCUT2D eigenvalue weighted by atomic mass is 9.83. The quantitative estimate of drug-likeness (QED) is 0.870. The summed E-state index contributed by atoms with van der Waals surface area (Å²) < 4.78 is 6.76. The molecule has 0 radical (unpaired) electrons. The van der Waals surface area contributed by atoms with Crippen LogP contribution >= 0.6 is 0 Å². The van der Waals surface area contributed by atoms with Gasteiger partial charge in [0.05, 0.1) is 12.3 Å². The number of nitrogens with zero attached hydrogens (tertiary/aromatic N) is 1. The molecule has 0 aromatic carbocycles. The lowest BCUT2D eigenvalue weighted by molar-refractivity contribution is 0.186. The smallest absolute Gasteiger partial charge is 0.250 e. The fourth-order valence-corrected chi connectivity index (χ4v) is 3.08. The molecule has 0 saturated heterocycles. The number of hydrogen-bond donors (Lipinski definition) is 1. The average Bonchev–Trinajstić information content (AvgIpc) is 2.48. The molecule has 1 fully saturated rings. The maximum Gasteiger partial charge on any atom is 0.250 e. The molecule has 4 heteroatoms. The van der Waals surface area contributed by atoms with Gasteiger partial charge in [-0.1, -0.05) is 26.2 Å². The standard InChI is InChI=1S/C16H26N2O2/c1-3-13-6-4-5-7-15(13)17-14-8-9-16(19)18(12-14)10-11-20-2/h8-9,12-13,15,17H,3-7,10-11H2,1-2H3. The van der Waals surface area contributed by atoms with Gasteiger partial charge in [-0.05, 0) is 24.8 Å². The van der Waals surface area contributed by atoms with E-state index in [1.807, 2.05) is 12.3 Å². The largest absolute Gasteiger partial charge is 0.383 e. The second kappa shape index (κ2) is 7.48. The molecular weight excluding hydrogens is 252 g/mol. The van der Waals surface area contributed by atoms with Crippen molar-refractivity contribution < 1.29 is 4.74 Å². The summed E-state index contributed by atoms with van der Waals surface area (Å²) in [6, 6.07) is 4.08. The monoisotopic (exact) mass is 278 g/mol. The van der Waals surface area contributed by atoms with Crippen molar-refractivity contribution in [2.24, 2.45) is 5.92 Å². The summed E-state index contributed by atoms with van der Waals surface area (Å²) in [5.41, 5.74) is 1.08. The molecule has 2 unspecified atom stereocenters. The Morgan fingerprint density at radius 1 is 1.35 bits per heavy atom. The van der Waals surface area contributed by atoms with Gasteiger partial charge in [0, 0.05) is 32.0 Å². The molecule has 1 aliphatic carbocycles. The fourth-order valence-electron chi connectivity index (χ4n) is 3.08. The minimum atomic E-state index is 0.0308. The van der Waals surface area contributed by atoms with Crippen LogP contribution in [0.15, 0.2) is 23.1 Å². The van der Waals surface area contributed by atoms with E-state index < -0.39 is 0 Å². The van der Waals surface area contributed by atoms with E-state index in [1.54, 1.807) is 17.7 Å². The van der Waals surface area contributed by atoms with Gasteiger partial charge in [-0.15, -0.1) is 0 Å². The number of ether oxygens (including phenoxy) is 1. The Labute approximate surface area is 121 Å². The van der Waals surface area contributed by atoms with Gasteiger partial charge in [-0.2, -0.15) is 0 Å². The first-order valence-electron chi connectivity index (χ1n) is 7.70. The third kappa shape index (κ3) is 3.85. The van der Waals surface area contributed by atoms with Crippen molar-refractivity contribution in [2.45, 2.75) is 51.6 Å². The van der Waals surface area contributed by atoms with Crippen LogP contribution in [-0.4, -0.2) is 24.3 Å². The lowest BCUT2D eigenvalue weighted by Crippen LogP contribution is -2.32. The molecule has 1 aliphatic rings. The third-order valence-corrected chi connectivity index (χ3v) is 4.31. The van der Waals surface area contributed by atoms with E-state index in [0.717, 1.165) is 11.6 Å². The van der Waals surface area contributed by atoms with Crippen LogP contribution in [0.2, 0.25) is 0 Å². The van der Waals surface area contributed by atoms with Crippen LogP contribution in [0.1, 0.15) is 39.0 Å². The van der Waals surface area contributed by atoms with Gasteiger partial charge in [0.1, 0.15) is 0 Å². The van der Waals surface area contributed by atoms with Crippen molar-refractivity contribution in [3.63, 3.8) is 0 Å². The highest BCUT2D eigenvalue weighted by molar-refractivity contribution is 5.41. The number of methoxy groups -OCH3 is 1. The molecule has 0 bridgehead atoms. The third-order valence-electron chi connectivity index (χ3n) is 4.31. The maximum atomic E-state index is 11.8. The number of hydrogen-bond acceptors (Lipinski definition) is 3. The van der Waals surface area contributed by atoms with Crippen molar-refractivity contribution in [1.29, 1.82) is 0 Å². The minimum Gasteiger partial charge on any atom is -0.383 e. The Kier molecular flexibility index (Phi) is 5.65. The molecule has 2 atom stereocenters. The van der Waals surface area contributed by atoms with Crippen LogP contribution < -0.4 is 10.9 Å². The highest BCUT2D eigenvalue weighted by Crippen LogP contribution is 2.29. The van der Waals surface area contributed by atoms with E-state index in [2.05, 4.69) is 12.2 Å². The Hall–Kier alpha value is -1.29. The zero-order valence-electron chi connectivity index (χ0n) is 12.6. The summed E-state index contributed by atoms with van der Waals surface area (Å²) in [5.74, 6) is 0.753. The van der Waals surface area contributed by atoms with E-state index in [0.29, 0.717) is 19.2 Å². The molecule has 0 aliphatic heterocycles. The van der Waals surface area contributed by atoms with E-state index in [9.17, 15) is 4.79 Å². The molecule has 2 rings (SSSR count). The van der Waals surface area contributed by atoms with Crippen LogP contribution in [0.25, 0.3) is 0 Å². The second-order valence-corrected chi connectivity index (χ2v) is 5.65. The summed E-state index contributed by atoms with van der Waals surface area (Å²) in [6.07, 6.45) is 8.35. The van der Waals surface area contributed by atoms with Gasteiger partial charge in [0.15, 0.2) is 0 Å². The van der Waals surface area contributed by atoms with E-state index in [4.69, 9.17) is 4.74 Å². The summed E-state index contributed by atoms with van der Waals surface area (Å²) in [6.45, 7) is 3.43. The van der Waals surface area contributed by atoms with Gasteiger partial charge < -0.3 is 14.6 Å². The molecule has 1 aromatic rings. The van der Waals surface area contributed by atoms with Crippen molar-refractivity contribution in [3.05, 3.63) is 28.7 Å². The van der Waals surface area contributed by atoms with Gasteiger partial charge >= 0.3 is 0 Å². The SMILES string of the molecule is CCC1CCCCC1Nc1ccc(=O)n(CCOC)c1. The zero-order valence-corrected chi connectivity index (χ0v) is 12.6. The highest BCUT2D eigenvalue weighted by Gasteiger charge is 2.23. The summed E-state index contributed by atoms with van der Waals surface area (Å²) >= 11 is 0. The van der Waals surface area contributed by atoms with Crippen LogP contribution in [0.4, 0.5) is 5.69 Å². The number of rotatable bonds is 6. The Morgan fingerprint density at radius 3 is 2.90 bits per heavy atom. The number of aromatic nitrogens is 1. The average molecular weight is 278 g/mol. The Morgan fingerprint density at radius 2 is 2.15 bits per heavy atom. The molecule has 1 aromatic heterocycles. The molecule has 1 N–H and O–H groups in total. The molecule has 0 amide bonds. The number of anilines is 1. The van der Waals surface area contributed by atoms with Crippen molar-refractivity contribution in [2.75, 3.05) is 19.0 Å². The first-order valence-corrected chi connectivity index (χ1v) is 7.70. The summed E-state index contributed by atoms with van der Waals surface area (Å²) in [4.78, 5) is 11.8.